The van der Waals surface area contributed by atoms with Gasteiger partial charge in [0.1, 0.15) is 24.0 Å². The highest BCUT2D eigenvalue weighted by Crippen LogP contribution is 2.36. The lowest BCUT2D eigenvalue weighted by Crippen LogP contribution is -2.44. The molecule has 0 spiro atoms. The first-order valence-corrected chi connectivity index (χ1v) is 10.1. The molecule has 1 aromatic heterocycles. The quantitative estimate of drug-likeness (QED) is 0.604. The molecule has 1 aromatic carbocycles. The number of fused-ring (bicyclic) bond motifs is 1. The van der Waals surface area contributed by atoms with Crippen LogP contribution in [-0.2, 0) is 19.1 Å². The van der Waals surface area contributed by atoms with Crippen molar-refractivity contribution in [3.8, 4) is 11.8 Å². The smallest absolute Gasteiger partial charge is 0.341 e. The SMILES string of the molecule is O=C(O)CSCC(=O)NC1COC2C1OCC2n1nnnc1Oc1ccccc1. The molecule has 4 atom stereocenters. The summed E-state index contributed by atoms with van der Waals surface area (Å²) in [5.74, 6) is -0.665. The molecule has 2 aliphatic rings. The van der Waals surface area contributed by atoms with Gasteiger partial charge in [-0.1, -0.05) is 23.3 Å². The van der Waals surface area contributed by atoms with E-state index < -0.39 is 5.97 Å². The molecule has 4 unspecified atom stereocenters. The van der Waals surface area contributed by atoms with Gasteiger partial charge in [-0.3, -0.25) is 9.59 Å². The van der Waals surface area contributed by atoms with E-state index in [1.54, 1.807) is 12.1 Å². The normalized spacial score (nSPS) is 25.5. The van der Waals surface area contributed by atoms with Crippen molar-refractivity contribution < 1.29 is 28.9 Å². The fourth-order valence-electron chi connectivity index (χ4n) is 3.35. The van der Waals surface area contributed by atoms with Gasteiger partial charge in [0, 0.05) is 0 Å². The Morgan fingerprint density at radius 2 is 2.00 bits per heavy atom. The zero-order valence-corrected chi connectivity index (χ0v) is 16.0. The van der Waals surface area contributed by atoms with Gasteiger partial charge < -0.3 is 24.6 Å². The van der Waals surface area contributed by atoms with Crippen molar-refractivity contribution in [1.82, 2.24) is 25.5 Å². The van der Waals surface area contributed by atoms with E-state index in [0.717, 1.165) is 11.8 Å². The number of thioether (sulfide) groups is 1. The summed E-state index contributed by atoms with van der Waals surface area (Å²) in [6.07, 6.45) is -0.684. The van der Waals surface area contributed by atoms with Crippen LogP contribution < -0.4 is 10.1 Å². The molecule has 3 heterocycles. The number of hydrogen-bond donors (Lipinski definition) is 2. The lowest BCUT2D eigenvalue weighted by molar-refractivity contribution is -0.133. The van der Waals surface area contributed by atoms with Crippen molar-refractivity contribution in [3.05, 3.63) is 30.3 Å². The maximum absolute atomic E-state index is 12.0. The van der Waals surface area contributed by atoms with Crippen LogP contribution in [0.25, 0.3) is 0 Å². The highest BCUT2D eigenvalue weighted by Gasteiger charge is 2.50. The molecule has 154 valence electrons. The van der Waals surface area contributed by atoms with E-state index in [1.165, 1.54) is 4.68 Å². The van der Waals surface area contributed by atoms with E-state index in [0.29, 0.717) is 12.4 Å². The number of amides is 1. The molecule has 2 aliphatic heterocycles. The van der Waals surface area contributed by atoms with Crippen molar-refractivity contribution in [3.63, 3.8) is 0 Å². The van der Waals surface area contributed by atoms with E-state index in [9.17, 15) is 9.59 Å². The molecule has 2 N–H and O–H groups in total. The number of para-hydroxylation sites is 1. The molecule has 1 amide bonds. The number of aliphatic carboxylic acids is 1. The number of aromatic nitrogens is 4. The number of carbonyl (C=O) groups excluding carboxylic acids is 1. The average Bonchev–Trinajstić information content (AvgIpc) is 3.40. The summed E-state index contributed by atoms with van der Waals surface area (Å²) in [7, 11) is 0. The second-order valence-corrected chi connectivity index (χ2v) is 7.53. The van der Waals surface area contributed by atoms with Gasteiger partial charge in [-0.2, -0.15) is 4.68 Å². The summed E-state index contributed by atoms with van der Waals surface area (Å²) in [4.78, 5) is 22.6. The monoisotopic (exact) mass is 421 g/mol. The Morgan fingerprint density at radius 1 is 1.21 bits per heavy atom. The Hall–Kier alpha value is -2.70. The minimum Gasteiger partial charge on any atom is -0.481 e. The first-order valence-electron chi connectivity index (χ1n) is 8.94. The number of nitrogens with zero attached hydrogens (tertiary/aromatic N) is 4. The minimum absolute atomic E-state index is 0.0612. The van der Waals surface area contributed by atoms with Crippen LogP contribution in [0, 0.1) is 0 Å². The van der Waals surface area contributed by atoms with Crippen molar-refractivity contribution in [1.29, 1.82) is 0 Å². The van der Waals surface area contributed by atoms with Gasteiger partial charge in [0.25, 0.3) is 0 Å². The number of ether oxygens (including phenoxy) is 3. The second kappa shape index (κ2) is 8.76. The molecule has 4 rings (SSSR count). The molecule has 0 saturated carbocycles. The van der Waals surface area contributed by atoms with E-state index in [1.807, 2.05) is 18.2 Å². The van der Waals surface area contributed by atoms with Gasteiger partial charge in [0.15, 0.2) is 0 Å². The topological polar surface area (TPSA) is 138 Å². The Morgan fingerprint density at radius 3 is 2.79 bits per heavy atom. The van der Waals surface area contributed by atoms with E-state index >= 15 is 0 Å². The van der Waals surface area contributed by atoms with Crippen LogP contribution in [0.3, 0.4) is 0 Å². The zero-order chi connectivity index (χ0) is 20.2. The Labute approximate surface area is 169 Å². The number of carbonyl (C=O) groups is 2. The summed E-state index contributed by atoms with van der Waals surface area (Å²) in [5.41, 5.74) is 0. The molecular formula is C17H19N5O6S. The molecule has 0 radical (unpaired) electrons. The zero-order valence-electron chi connectivity index (χ0n) is 15.2. The number of hydrogen-bond acceptors (Lipinski definition) is 9. The lowest BCUT2D eigenvalue weighted by atomic mass is 10.1. The standard InChI is InChI=1S/C17H19N5O6S/c23-13(8-29-9-14(24)25)18-11-6-26-16-12(7-27-15(11)16)22-17(19-20-21-22)28-10-4-2-1-3-5-10/h1-5,11-12,15-16H,6-9H2,(H,18,23)(H,24,25). The van der Waals surface area contributed by atoms with Gasteiger partial charge >= 0.3 is 12.0 Å². The van der Waals surface area contributed by atoms with E-state index in [-0.39, 0.29) is 54.3 Å². The van der Waals surface area contributed by atoms with Gasteiger partial charge in [-0.15, -0.1) is 11.8 Å². The van der Waals surface area contributed by atoms with E-state index in [4.69, 9.17) is 19.3 Å². The van der Waals surface area contributed by atoms with Crippen LogP contribution in [-0.4, -0.2) is 80.2 Å². The third kappa shape index (κ3) is 4.49. The van der Waals surface area contributed by atoms with Crippen LogP contribution in [0.4, 0.5) is 0 Å². The largest absolute Gasteiger partial charge is 0.481 e. The van der Waals surface area contributed by atoms with Gasteiger partial charge in [-0.05, 0) is 22.6 Å². The highest BCUT2D eigenvalue weighted by molar-refractivity contribution is 8.00. The predicted octanol–water partition coefficient (Wildman–Crippen LogP) is 0.107. The molecule has 2 fully saturated rings. The van der Waals surface area contributed by atoms with Crippen molar-refractivity contribution in [2.24, 2.45) is 0 Å². The molecule has 11 nitrogen and oxygen atoms in total. The lowest BCUT2D eigenvalue weighted by Gasteiger charge is -2.18. The van der Waals surface area contributed by atoms with E-state index in [2.05, 4.69) is 20.8 Å². The first-order chi connectivity index (χ1) is 14.1. The van der Waals surface area contributed by atoms with Gasteiger partial charge in [0.2, 0.25) is 5.91 Å². The maximum Gasteiger partial charge on any atom is 0.341 e. The van der Waals surface area contributed by atoms with Crippen LogP contribution in [0.1, 0.15) is 6.04 Å². The van der Waals surface area contributed by atoms with Crippen LogP contribution in [0.5, 0.6) is 11.8 Å². The summed E-state index contributed by atoms with van der Waals surface area (Å²) in [5, 5.41) is 23.2. The molecule has 0 aliphatic carbocycles. The van der Waals surface area contributed by atoms with Crippen molar-refractivity contribution >= 4 is 23.6 Å². The summed E-state index contributed by atoms with van der Waals surface area (Å²) in [6.45, 7) is 0.601. The maximum atomic E-state index is 12.0. The Kier molecular flexibility index (Phi) is 5.92. The number of carboxylic acid groups (broad SMARTS) is 1. The molecular weight excluding hydrogens is 402 g/mol. The van der Waals surface area contributed by atoms with Crippen molar-refractivity contribution in [2.75, 3.05) is 24.7 Å². The molecule has 2 aromatic rings. The van der Waals surface area contributed by atoms with Crippen LogP contribution >= 0.6 is 11.8 Å². The number of benzene rings is 1. The molecule has 0 bridgehead atoms. The van der Waals surface area contributed by atoms with Gasteiger partial charge in [-0.25, -0.2) is 0 Å². The van der Waals surface area contributed by atoms with Crippen LogP contribution in [0.2, 0.25) is 0 Å². The second-order valence-electron chi connectivity index (χ2n) is 6.54. The van der Waals surface area contributed by atoms with Crippen LogP contribution in [0.15, 0.2) is 30.3 Å². The number of rotatable bonds is 8. The third-order valence-electron chi connectivity index (χ3n) is 4.56. The Balaban J connectivity index is 1.37. The number of carboxylic acids is 1. The third-order valence-corrected chi connectivity index (χ3v) is 5.48. The van der Waals surface area contributed by atoms with Crippen molar-refractivity contribution in [2.45, 2.75) is 24.3 Å². The predicted molar refractivity (Wildman–Crippen MR) is 99.7 cm³/mol. The summed E-state index contributed by atoms with van der Waals surface area (Å²) >= 11 is 1.04. The summed E-state index contributed by atoms with van der Waals surface area (Å²) < 4.78 is 19.0. The van der Waals surface area contributed by atoms with Gasteiger partial charge in [0.05, 0.1) is 30.8 Å². The fraction of sp³-hybridized carbons (Fsp3) is 0.471. The summed E-state index contributed by atoms with van der Waals surface area (Å²) in [6, 6.07) is 8.79. The fourth-order valence-corrected chi connectivity index (χ4v) is 3.89. The molecule has 12 heteroatoms. The molecule has 2 saturated heterocycles. The number of tetrazole rings is 1. The molecule has 29 heavy (non-hydrogen) atoms. The number of nitrogens with one attached hydrogen (secondary N) is 1. The Bertz CT molecular complexity index is 865. The average molecular weight is 421 g/mol. The highest BCUT2D eigenvalue weighted by atomic mass is 32.2. The first kappa shape index (κ1) is 19.6. The minimum atomic E-state index is -0.955.